The van der Waals surface area contributed by atoms with E-state index >= 15 is 0 Å². The number of hydrogen-bond acceptors (Lipinski definition) is 3. The first-order valence-electron chi connectivity index (χ1n) is 4.60. The number of carbonyl (C=O) groups is 1. The van der Waals surface area contributed by atoms with Gasteiger partial charge in [0.15, 0.2) is 5.65 Å². The van der Waals surface area contributed by atoms with Crippen molar-refractivity contribution in [2.75, 3.05) is 6.54 Å². The molecule has 2 aromatic heterocycles. The van der Waals surface area contributed by atoms with Crippen molar-refractivity contribution >= 4 is 17.1 Å². The zero-order chi connectivity index (χ0) is 12.5. The molecule has 0 saturated heterocycles. The van der Waals surface area contributed by atoms with Crippen molar-refractivity contribution in [2.24, 2.45) is 0 Å². The maximum Gasteiger partial charge on any atom is 0.405 e. The first-order valence-corrected chi connectivity index (χ1v) is 4.60. The standard InChI is InChI=1S/C9H7F3N4O/c10-9(11,12)3-14-8(17)5-1-6-7(13-2-5)16-4-15-6/h1-2,4H,3H2,(H,14,17)(H,13,15,16). The minimum atomic E-state index is -4.43. The number of aromatic amines is 1. The molecule has 17 heavy (non-hydrogen) atoms. The van der Waals surface area contributed by atoms with Crippen molar-refractivity contribution in [1.82, 2.24) is 20.3 Å². The van der Waals surface area contributed by atoms with E-state index in [1.807, 2.05) is 0 Å². The van der Waals surface area contributed by atoms with E-state index in [4.69, 9.17) is 0 Å². The topological polar surface area (TPSA) is 70.7 Å². The zero-order valence-corrected chi connectivity index (χ0v) is 8.38. The number of hydrogen-bond donors (Lipinski definition) is 2. The van der Waals surface area contributed by atoms with E-state index in [1.54, 1.807) is 5.32 Å². The number of carbonyl (C=O) groups excluding carboxylic acids is 1. The number of pyridine rings is 1. The zero-order valence-electron chi connectivity index (χ0n) is 8.38. The number of nitrogens with zero attached hydrogens (tertiary/aromatic N) is 2. The van der Waals surface area contributed by atoms with Gasteiger partial charge in [0.05, 0.1) is 17.4 Å². The number of alkyl halides is 3. The highest BCUT2D eigenvalue weighted by Gasteiger charge is 2.27. The van der Waals surface area contributed by atoms with E-state index < -0.39 is 18.6 Å². The normalized spacial score (nSPS) is 11.7. The molecule has 0 aliphatic rings. The number of H-pyrrole nitrogens is 1. The van der Waals surface area contributed by atoms with E-state index in [-0.39, 0.29) is 5.56 Å². The van der Waals surface area contributed by atoms with Gasteiger partial charge in [-0.2, -0.15) is 13.2 Å². The maximum atomic E-state index is 11.9. The monoisotopic (exact) mass is 244 g/mol. The van der Waals surface area contributed by atoms with Crippen molar-refractivity contribution in [1.29, 1.82) is 0 Å². The van der Waals surface area contributed by atoms with E-state index in [2.05, 4.69) is 15.0 Å². The first kappa shape index (κ1) is 11.4. The Labute approximate surface area is 93.1 Å². The summed E-state index contributed by atoms with van der Waals surface area (Å²) in [6.07, 6.45) is -1.87. The first-order chi connectivity index (χ1) is 7.96. The largest absolute Gasteiger partial charge is 0.405 e. The average molecular weight is 244 g/mol. The molecule has 2 heterocycles. The van der Waals surface area contributed by atoms with Gasteiger partial charge in [-0.15, -0.1) is 0 Å². The molecule has 1 amide bonds. The third-order valence-corrected chi connectivity index (χ3v) is 1.99. The van der Waals surface area contributed by atoms with Crippen LogP contribution in [0.5, 0.6) is 0 Å². The van der Waals surface area contributed by atoms with Crippen LogP contribution in [-0.2, 0) is 0 Å². The second kappa shape index (κ2) is 4.04. The molecule has 8 heteroatoms. The lowest BCUT2D eigenvalue weighted by atomic mass is 10.2. The second-order valence-corrected chi connectivity index (χ2v) is 3.30. The molecule has 5 nitrogen and oxygen atoms in total. The van der Waals surface area contributed by atoms with Gasteiger partial charge < -0.3 is 10.3 Å². The summed E-state index contributed by atoms with van der Waals surface area (Å²) in [6, 6.07) is 1.39. The van der Waals surface area contributed by atoms with Gasteiger partial charge in [-0.3, -0.25) is 4.79 Å². The molecule has 2 rings (SSSR count). The molecular weight excluding hydrogens is 237 g/mol. The fraction of sp³-hybridized carbons (Fsp3) is 0.222. The van der Waals surface area contributed by atoms with Crippen LogP contribution in [0.25, 0.3) is 11.2 Å². The van der Waals surface area contributed by atoms with Crippen molar-refractivity contribution in [2.45, 2.75) is 6.18 Å². The van der Waals surface area contributed by atoms with Crippen molar-refractivity contribution < 1.29 is 18.0 Å². The fourth-order valence-corrected chi connectivity index (χ4v) is 1.24. The minimum absolute atomic E-state index is 0.0472. The average Bonchev–Trinajstić information content (AvgIpc) is 2.71. The van der Waals surface area contributed by atoms with Gasteiger partial charge >= 0.3 is 6.18 Å². The summed E-state index contributed by atoms with van der Waals surface area (Å²) in [7, 11) is 0. The van der Waals surface area contributed by atoms with Gasteiger partial charge in [0.1, 0.15) is 6.54 Å². The lowest BCUT2D eigenvalue weighted by molar-refractivity contribution is -0.123. The molecule has 0 saturated carbocycles. The Hall–Kier alpha value is -2.12. The van der Waals surface area contributed by atoms with Crippen molar-refractivity contribution in [3.8, 4) is 0 Å². The van der Waals surface area contributed by atoms with Crippen LogP contribution in [0.3, 0.4) is 0 Å². The van der Waals surface area contributed by atoms with Crippen LogP contribution in [0.15, 0.2) is 18.6 Å². The highest BCUT2D eigenvalue weighted by molar-refractivity contribution is 5.96. The van der Waals surface area contributed by atoms with Gasteiger partial charge in [0.2, 0.25) is 0 Å². The minimum Gasteiger partial charge on any atom is -0.343 e. The predicted molar refractivity (Wildman–Crippen MR) is 52.3 cm³/mol. The number of fused-ring (bicyclic) bond motifs is 1. The van der Waals surface area contributed by atoms with Gasteiger partial charge in [-0.1, -0.05) is 0 Å². The molecule has 2 N–H and O–H groups in total. The summed E-state index contributed by atoms with van der Waals surface area (Å²) in [6.45, 7) is -1.37. The van der Waals surface area contributed by atoms with Gasteiger partial charge in [0.25, 0.3) is 5.91 Å². The third-order valence-electron chi connectivity index (χ3n) is 1.99. The summed E-state index contributed by atoms with van der Waals surface area (Å²) >= 11 is 0. The number of rotatable bonds is 2. The molecule has 0 bridgehead atoms. The van der Waals surface area contributed by atoms with E-state index in [9.17, 15) is 18.0 Å². The summed E-state index contributed by atoms with van der Waals surface area (Å²) < 4.78 is 35.7. The van der Waals surface area contributed by atoms with Crippen molar-refractivity contribution in [3.63, 3.8) is 0 Å². The van der Waals surface area contributed by atoms with Crippen LogP contribution < -0.4 is 5.32 Å². The number of halogens is 3. The van der Waals surface area contributed by atoms with Crippen molar-refractivity contribution in [3.05, 3.63) is 24.2 Å². The highest BCUT2D eigenvalue weighted by Crippen LogP contribution is 2.13. The van der Waals surface area contributed by atoms with Gasteiger partial charge in [0, 0.05) is 6.20 Å². The van der Waals surface area contributed by atoms with Crippen LogP contribution in [0.2, 0.25) is 0 Å². The van der Waals surface area contributed by atoms with Crippen LogP contribution >= 0.6 is 0 Å². The summed E-state index contributed by atoms with van der Waals surface area (Å²) in [5.41, 5.74) is 0.938. The van der Waals surface area contributed by atoms with Gasteiger partial charge in [-0.05, 0) is 6.07 Å². The van der Waals surface area contributed by atoms with E-state index in [0.717, 1.165) is 0 Å². The Morgan fingerprint density at radius 2 is 2.18 bits per heavy atom. The van der Waals surface area contributed by atoms with Gasteiger partial charge in [-0.25, -0.2) is 9.97 Å². The lowest BCUT2D eigenvalue weighted by Gasteiger charge is -2.07. The molecule has 0 fully saturated rings. The molecule has 0 aliphatic heterocycles. The quantitative estimate of drug-likeness (QED) is 0.835. The molecule has 0 spiro atoms. The van der Waals surface area contributed by atoms with Crippen LogP contribution in [0.1, 0.15) is 10.4 Å². The molecule has 0 aliphatic carbocycles. The van der Waals surface area contributed by atoms with Crippen LogP contribution in [-0.4, -0.2) is 33.6 Å². The Bertz CT molecular complexity index is 548. The SMILES string of the molecule is O=C(NCC(F)(F)F)c1cnc2nc[nH]c2c1. The summed E-state index contributed by atoms with van der Waals surface area (Å²) in [5.74, 6) is -0.827. The Morgan fingerprint density at radius 3 is 2.88 bits per heavy atom. The molecule has 0 radical (unpaired) electrons. The molecule has 0 unspecified atom stereocenters. The molecular formula is C9H7F3N4O. The third kappa shape index (κ3) is 2.71. The predicted octanol–water partition coefficient (Wildman–Crippen LogP) is 1.25. The number of nitrogens with one attached hydrogen (secondary N) is 2. The van der Waals surface area contributed by atoms with Crippen LogP contribution in [0.4, 0.5) is 13.2 Å². The maximum absolute atomic E-state index is 11.9. The second-order valence-electron chi connectivity index (χ2n) is 3.30. The summed E-state index contributed by atoms with van der Waals surface area (Å²) in [5, 5.41) is 1.76. The molecule has 0 aromatic carbocycles. The van der Waals surface area contributed by atoms with E-state index in [1.165, 1.54) is 18.6 Å². The fourth-order valence-electron chi connectivity index (χ4n) is 1.24. The Balaban J connectivity index is 2.13. The molecule has 2 aromatic rings. The number of amides is 1. The number of imidazole rings is 1. The van der Waals surface area contributed by atoms with Crippen LogP contribution in [0, 0.1) is 0 Å². The Kier molecular flexibility index (Phi) is 2.70. The smallest absolute Gasteiger partial charge is 0.343 e. The highest BCUT2D eigenvalue weighted by atomic mass is 19.4. The molecule has 0 atom stereocenters. The lowest BCUT2D eigenvalue weighted by Crippen LogP contribution is -2.33. The summed E-state index contributed by atoms with van der Waals surface area (Å²) in [4.78, 5) is 21.7. The number of aromatic nitrogens is 3. The Morgan fingerprint density at radius 1 is 1.41 bits per heavy atom. The van der Waals surface area contributed by atoms with E-state index in [0.29, 0.717) is 11.2 Å². The molecule has 90 valence electrons.